The molecule has 1 aromatic rings. The van der Waals surface area contributed by atoms with E-state index in [2.05, 4.69) is 31.9 Å². The molecule has 0 unspecified atom stereocenters. The van der Waals surface area contributed by atoms with Crippen LogP contribution in [0.1, 0.15) is 0 Å². The quantitative estimate of drug-likeness (QED) is 0.635. The van der Waals surface area contributed by atoms with E-state index >= 15 is 0 Å². The second kappa shape index (κ2) is 3.64. The van der Waals surface area contributed by atoms with E-state index in [4.69, 9.17) is 4.55 Å². The van der Waals surface area contributed by atoms with Crippen LogP contribution in [0.5, 0.6) is 0 Å². The lowest BCUT2D eigenvalue weighted by Crippen LogP contribution is -2.00. The minimum atomic E-state index is -4.38. The van der Waals surface area contributed by atoms with Crippen molar-refractivity contribution in [3.63, 3.8) is 0 Å². The molecule has 0 spiro atoms. The van der Waals surface area contributed by atoms with Gasteiger partial charge in [-0.15, -0.1) is 0 Å². The normalized spacial score (nSPS) is 11.7. The van der Waals surface area contributed by atoms with Crippen LogP contribution in [0.25, 0.3) is 0 Å². The third-order valence-electron chi connectivity index (χ3n) is 1.25. The number of rotatable bonds is 1. The first-order valence-corrected chi connectivity index (χ1v) is 5.97. The SMILES string of the molecule is O=S(=O)(O)c1cc(F)c(Br)cc1Br. The molecule has 0 atom stereocenters. The van der Waals surface area contributed by atoms with Gasteiger partial charge in [-0.25, -0.2) is 4.39 Å². The molecule has 1 aromatic carbocycles. The van der Waals surface area contributed by atoms with Crippen molar-refractivity contribution in [1.29, 1.82) is 0 Å². The molecule has 7 heteroatoms. The molecule has 1 rings (SSSR count). The number of hydrogen-bond donors (Lipinski definition) is 1. The van der Waals surface area contributed by atoms with Crippen molar-refractivity contribution in [3.8, 4) is 0 Å². The van der Waals surface area contributed by atoms with E-state index in [1.165, 1.54) is 6.07 Å². The van der Waals surface area contributed by atoms with Crippen LogP contribution in [0.4, 0.5) is 4.39 Å². The predicted octanol–water partition coefficient (Wildman–Crippen LogP) is 2.60. The maximum atomic E-state index is 12.8. The van der Waals surface area contributed by atoms with E-state index in [1.54, 1.807) is 0 Å². The van der Waals surface area contributed by atoms with E-state index in [1.807, 2.05) is 0 Å². The summed E-state index contributed by atoms with van der Waals surface area (Å²) < 4.78 is 43.0. The van der Waals surface area contributed by atoms with Crippen LogP contribution < -0.4 is 0 Å². The van der Waals surface area contributed by atoms with Crippen molar-refractivity contribution in [2.24, 2.45) is 0 Å². The van der Waals surface area contributed by atoms with Gasteiger partial charge in [0.2, 0.25) is 0 Å². The molecule has 0 fully saturated rings. The molecule has 0 saturated carbocycles. The molecule has 0 amide bonds. The number of halogens is 3. The Morgan fingerprint density at radius 3 is 2.23 bits per heavy atom. The number of benzene rings is 1. The summed E-state index contributed by atoms with van der Waals surface area (Å²) in [6.07, 6.45) is 0. The highest BCUT2D eigenvalue weighted by Gasteiger charge is 2.16. The molecule has 0 aliphatic heterocycles. The Morgan fingerprint density at radius 2 is 1.77 bits per heavy atom. The minimum Gasteiger partial charge on any atom is -0.282 e. The van der Waals surface area contributed by atoms with Gasteiger partial charge in [-0.2, -0.15) is 8.42 Å². The van der Waals surface area contributed by atoms with Crippen molar-refractivity contribution in [2.75, 3.05) is 0 Å². The second-order valence-corrected chi connectivity index (χ2v) is 5.27. The van der Waals surface area contributed by atoms with Gasteiger partial charge in [0.05, 0.1) is 4.47 Å². The molecule has 13 heavy (non-hydrogen) atoms. The maximum absolute atomic E-state index is 12.8. The smallest absolute Gasteiger partial charge is 0.282 e. The molecule has 72 valence electrons. The summed E-state index contributed by atoms with van der Waals surface area (Å²) in [7, 11) is -4.38. The molecule has 0 aliphatic carbocycles. The van der Waals surface area contributed by atoms with E-state index in [0.717, 1.165) is 6.07 Å². The average molecular weight is 334 g/mol. The number of hydrogen-bond acceptors (Lipinski definition) is 2. The third-order valence-corrected chi connectivity index (χ3v) is 3.67. The first kappa shape index (κ1) is 11.1. The Balaban J connectivity index is 3.50. The second-order valence-electron chi connectivity index (χ2n) is 2.17. The van der Waals surface area contributed by atoms with Gasteiger partial charge in [0.1, 0.15) is 10.7 Å². The highest BCUT2D eigenvalue weighted by atomic mass is 79.9. The zero-order valence-electron chi connectivity index (χ0n) is 5.96. The zero-order chi connectivity index (χ0) is 10.2. The Morgan fingerprint density at radius 1 is 1.23 bits per heavy atom. The highest BCUT2D eigenvalue weighted by molar-refractivity contribution is 9.11. The summed E-state index contributed by atoms with van der Waals surface area (Å²) in [5, 5.41) is 0. The zero-order valence-corrected chi connectivity index (χ0v) is 9.95. The topological polar surface area (TPSA) is 54.4 Å². The molecule has 0 aliphatic rings. The molecular weight excluding hydrogens is 331 g/mol. The molecule has 0 aromatic heterocycles. The molecule has 3 nitrogen and oxygen atoms in total. The van der Waals surface area contributed by atoms with Crippen molar-refractivity contribution in [3.05, 3.63) is 26.9 Å². The van der Waals surface area contributed by atoms with Gasteiger partial charge in [-0.3, -0.25) is 4.55 Å². The van der Waals surface area contributed by atoms with Crippen LogP contribution in [0, 0.1) is 5.82 Å². The Hall–Kier alpha value is 0.0200. The van der Waals surface area contributed by atoms with E-state index in [9.17, 15) is 12.8 Å². The van der Waals surface area contributed by atoms with Gasteiger partial charge >= 0.3 is 0 Å². The summed E-state index contributed by atoms with van der Waals surface area (Å²) in [6, 6.07) is 1.93. The molecule has 1 N–H and O–H groups in total. The van der Waals surface area contributed by atoms with Gasteiger partial charge < -0.3 is 0 Å². The summed E-state index contributed by atoms with van der Waals surface area (Å²) in [4.78, 5) is -0.492. The molecule has 0 bridgehead atoms. The standard InChI is InChI=1S/C6H3Br2FO3S/c7-3-1-4(8)6(2-5(3)9)13(10,11)12/h1-2H,(H,10,11,12). The minimum absolute atomic E-state index is 0.100. The lowest BCUT2D eigenvalue weighted by atomic mass is 10.3. The lowest BCUT2D eigenvalue weighted by molar-refractivity contribution is 0.481. The Bertz CT molecular complexity index is 443. The fourth-order valence-electron chi connectivity index (χ4n) is 0.702. The molecule has 0 heterocycles. The summed E-state index contributed by atoms with van der Waals surface area (Å²) in [5.74, 6) is -0.754. The monoisotopic (exact) mass is 332 g/mol. The fourth-order valence-corrected chi connectivity index (χ4v) is 2.87. The fraction of sp³-hybridized carbons (Fsp3) is 0. The van der Waals surface area contributed by atoms with Crippen molar-refractivity contribution >= 4 is 42.0 Å². The highest BCUT2D eigenvalue weighted by Crippen LogP contribution is 2.27. The van der Waals surface area contributed by atoms with Gasteiger partial charge in [0.15, 0.2) is 0 Å². The Labute approximate surface area is 91.0 Å². The van der Waals surface area contributed by atoms with Gasteiger partial charge in [0.25, 0.3) is 10.1 Å². The summed E-state index contributed by atoms with van der Waals surface area (Å²) >= 11 is 5.75. The van der Waals surface area contributed by atoms with E-state index < -0.39 is 20.8 Å². The predicted molar refractivity (Wildman–Crippen MR) is 51.6 cm³/mol. The summed E-state index contributed by atoms with van der Waals surface area (Å²) in [6.45, 7) is 0. The van der Waals surface area contributed by atoms with Gasteiger partial charge in [0, 0.05) is 4.47 Å². The average Bonchev–Trinajstić information content (AvgIpc) is 1.94. The van der Waals surface area contributed by atoms with Gasteiger partial charge in [-0.1, -0.05) is 0 Å². The first-order chi connectivity index (χ1) is 5.82. The third kappa shape index (κ3) is 2.49. The van der Waals surface area contributed by atoms with Crippen LogP contribution in [0.3, 0.4) is 0 Å². The van der Waals surface area contributed by atoms with Gasteiger partial charge in [-0.05, 0) is 44.0 Å². The maximum Gasteiger partial charge on any atom is 0.295 e. The van der Waals surface area contributed by atoms with Crippen molar-refractivity contribution in [2.45, 2.75) is 4.90 Å². The van der Waals surface area contributed by atoms with Crippen LogP contribution in [0.2, 0.25) is 0 Å². The van der Waals surface area contributed by atoms with E-state index in [0.29, 0.717) is 0 Å². The molecule has 0 saturated heterocycles. The van der Waals surface area contributed by atoms with E-state index in [-0.39, 0.29) is 8.95 Å². The van der Waals surface area contributed by atoms with Crippen LogP contribution in [-0.2, 0) is 10.1 Å². The first-order valence-electron chi connectivity index (χ1n) is 2.94. The van der Waals surface area contributed by atoms with Crippen LogP contribution in [0.15, 0.2) is 26.0 Å². The molecule has 0 radical (unpaired) electrons. The van der Waals surface area contributed by atoms with Crippen LogP contribution >= 0.6 is 31.9 Å². The van der Waals surface area contributed by atoms with Crippen molar-refractivity contribution in [1.82, 2.24) is 0 Å². The molecular formula is C6H3Br2FO3S. The Kier molecular flexibility index (Phi) is 3.11. The largest absolute Gasteiger partial charge is 0.295 e. The van der Waals surface area contributed by atoms with Crippen molar-refractivity contribution < 1.29 is 17.4 Å². The lowest BCUT2D eigenvalue weighted by Gasteiger charge is -2.01. The summed E-state index contributed by atoms with van der Waals surface area (Å²) in [5.41, 5.74) is 0. The van der Waals surface area contributed by atoms with Crippen LogP contribution in [-0.4, -0.2) is 13.0 Å².